The van der Waals surface area contributed by atoms with Crippen molar-refractivity contribution in [3.63, 3.8) is 0 Å². The minimum Gasteiger partial charge on any atom is -0.389 e. The van der Waals surface area contributed by atoms with Gasteiger partial charge in [0.1, 0.15) is 0 Å². The first-order valence-electron chi connectivity index (χ1n) is 6.09. The Morgan fingerprint density at radius 2 is 2.19 bits per heavy atom. The van der Waals surface area contributed by atoms with Gasteiger partial charge < -0.3 is 10.4 Å². The zero-order valence-corrected chi connectivity index (χ0v) is 10.2. The van der Waals surface area contributed by atoms with Crippen molar-refractivity contribution in [2.45, 2.75) is 44.8 Å². The molecule has 2 rings (SSSR count). The molecular weight excluding hydrogens is 198 g/mol. The minimum absolute atomic E-state index is 0.419. The van der Waals surface area contributed by atoms with E-state index in [0.29, 0.717) is 6.04 Å². The lowest BCUT2D eigenvalue weighted by atomic mass is 9.82. The van der Waals surface area contributed by atoms with Crippen LogP contribution in [0.5, 0.6) is 0 Å². The number of aryl methyl sites for hydroxylation is 1. The highest BCUT2D eigenvalue weighted by Gasteiger charge is 2.32. The molecule has 1 fully saturated rings. The number of aliphatic hydroxyl groups is 1. The molecule has 1 aliphatic heterocycles. The van der Waals surface area contributed by atoms with Crippen LogP contribution in [0.15, 0.2) is 24.3 Å². The summed E-state index contributed by atoms with van der Waals surface area (Å²) in [5.74, 6) is 0. The van der Waals surface area contributed by atoms with Crippen LogP contribution in [0.25, 0.3) is 0 Å². The van der Waals surface area contributed by atoms with Gasteiger partial charge in [-0.3, -0.25) is 0 Å². The van der Waals surface area contributed by atoms with Crippen LogP contribution >= 0.6 is 0 Å². The first-order valence-corrected chi connectivity index (χ1v) is 6.09. The highest BCUT2D eigenvalue weighted by atomic mass is 16.3. The Morgan fingerprint density at radius 3 is 2.88 bits per heavy atom. The van der Waals surface area contributed by atoms with Crippen LogP contribution in [0.1, 0.15) is 30.9 Å². The summed E-state index contributed by atoms with van der Waals surface area (Å²) in [7, 11) is 0. The summed E-state index contributed by atoms with van der Waals surface area (Å²) in [4.78, 5) is 0. The van der Waals surface area contributed by atoms with E-state index in [2.05, 4.69) is 37.4 Å². The Kier molecular flexibility index (Phi) is 3.31. The molecule has 0 saturated carbocycles. The smallest absolute Gasteiger partial charge is 0.0714 e. The maximum Gasteiger partial charge on any atom is 0.0714 e. The average molecular weight is 219 g/mol. The lowest BCUT2D eigenvalue weighted by Crippen LogP contribution is -2.48. The summed E-state index contributed by atoms with van der Waals surface area (Å²) < 4.78 is 0. The molecule has 2 N–H and O–H groups in total. The normalized spacial score (nSPS) is 30.3. The molecule has 2 heteroatoms. The quantitative estimate of drug-likeness (QED) is 0.798. The third kappa shape index (κ3) is 2.63. The highest BCUT2D eigenvalue weighted by molar-refractivity contribution is 5.27. The van der Waals surface area contributed by atoms with Crippen molar-refractivity contribution in [2.24, 2.45) is 0 Å². The van der Waals surface area contributed by atoms with Crippen LogP contribution in [0.4, 0.5) is 0 Å². The van der Waals surface area contributed by atoms with Gasteiger partial charge in [0, 0.05) is 12.5 Å². The first-order chi connectivity index (χ1) is 7.59. The molecule has 1 aromatic carbocycles. The van der Waals surface area contributed by atoms with Crippen LogP contribution in [-0.4, -0.2) is 23.3 Å². The second kappa shape index (κ2) is 4.56. The van der Waals surface area contributed by atoms with Gasteiger partial charge in [0.2, 0.25) is 0 Å². The van der Waals surface area contributed by atoms with Crippen molar-refractivity contribution < 1.29 is 5.11 Å². The van der Waals surface area contributed by atoms with E-state index in [-0.39, 0.29) is 0 Å². The summed E-state index contributed by atoms with van der Waals surface area (Å²) in [5, 5.41) is 14.0. The van der Waals surface area contributed by atoms with Gasteiger partial charge in [0.25, 0.3) is 0 Å². The summed E-state index contributed by atoms with van der Waals surface area (Å²) >= 11 is 0. The van der Waals surface area contributed by atoms with Crippen molar-refractivity contribution in [1.29, 1.82) is 0 Å². The van der Waals surface area contributed by atoms with E-state index in [1.54, 1.807) is 0 Å². The van der Waals surface area contributed by atoms with Crippen molar-refractivity contribution in [2.75, 3.05) is 6.54 Å². The van der Waals surface area contributed by atoms with Gasteiger partial charge in [0.05, 0.1) is 5.60 Å². The molecule has 88 valence electrons. The standard InChI is InChI=1S/C14H21NO/c1-11-5-3-4-6-13(11)10-14(16)7-8-15-12(2)9-14/h3-6,12,15-16H,7-10H2,1-2H3. The second-order valence-electron chi connectivity index (χ2n) is 5.14. The topological polar surface area (TPSA) is 32.3 Å². The van der Waals surface area contributed by atoms with Crippen molar-refractivity contribution >= 4 is 0 Å². The van der Waals surface area contributed by atoms with E-state index >= 15 is 0 Å². The lowest BCUT2D eigenvalue weighted by Gasteiger charge is -2.36. The van der Waals surface area contributed by atoms with Crippen LogP contribution < -0.4 is 5.32 Å². The van der Waals surface area contributed by atoms with E-state index in [4.69, 9.17) is 0 Å². The van der Waals surface area contributed by atoms with Gasteiger partial charge in [-0.15, -0.1) is 0 Å². The summed E-state index contributed by atoms with van der Waals surface area (Å²) in [6.45, 7) is 5.18. The zero-order valence-electron chi connectivity index (χ0n) is 10.2. The number of rotatable bonds is 2. The Morgan fingerprint density at radius 1 is 1.44 bits per heavy atom. The van der Waals surface area contributed by atoms with Crippen LogP contribution in [-0.2, 0) is 6.42 Å². The van der Waals surface area contributed by atoms with Gasteiger partial charge >= 0.3 is 0 Å². The number of hydrogen-bond donors (Lipinski definition) is 2. The molecular formula is C14H21NO. The van der Waals surface area contributed by atoms with E-state index in [9.17, 15) is 5.11 Å². The molecule has 1 heterocycles. The van der Waals surface area contributed by atoms with Gasteiger partial charge in [-0.05, 0) is 44.4 Å². The van der Waals surface area contributed by atoms with Gasteiger partial charge in [-0.25, -0.2) is 0 Å². The number of benzene rings is 1. The molecule has 0 spiro atoms. The maximum atomic E-state index is 10.6. The fraction of sp³-hybridized carbons (Fsp3) is 0.571. The molecule has 2 atom stereocenters. The molecule has 0 radical (unpaired) electrons. The Hall–Kier alpha value is -0.860. The number of piperidine rings is 1. The highest BCUT2D eigenvalue weighted by Crippen LogP contribution is 2.26. The fourth-order valence-corrected chi connectivity index (χ4v) is 2.62. The van der Waals surface area contributed by atoms with Crippen LogP contribution in [0.3, 0.4) is 0 Å². The van der Waals surface area contributed by atoms with Crippen molar-refractivity contribution in [3.05, 3.63) is 35.4 Å². The molecule has 0 amide bonds. The molecule has 2 unspecified atom stereocenters. The average Bonchev–Trinajstić information content (AvgIpc) is 2.21. The zero-order chi connectivity index (χ0) is 11.6. The second-order valence-corrected chi connectivity index (χ2v) is 5.14. The van der Waals surface area contributed by atoms with E-state index in [1.165, 1.54) is 11.1 Å². The Labute approximate surface area is 97.7 Å². The molecule has 16 heavy (non-hydrogen) atoms. The lowest BCUT2D eigenvalue weighted by molar-refractivity contribution is -0.00137. The predicted octanol–water partition coefficient (Wildman–Crippen LogP) is 2.04. The Bertz CT molecular complexity index is 364. The number of hydrogen-bond acceptors (Lipinski definition) is 2. The third-order valence-electron chi connectivity index (χ3n) is 3.55. The van der Waals surface area contributed by atoms with Crippen LogP contribution in [0, 0.1) is 6.92 Å². The predicted molar refractivity (Wildman–Crippen MR) is 66.5 cm³/mol. The maximum absolute atomic E-state index is 10.6. The molecule has 0 aliphatic carbocycles. The molecule has 1 saturated heterocycles. The van der Waals surface area contributed by atoms with E-state index in [1.807, 2.05) is 6.07 Å². The monoisotopic (exact) mass is 219 g/mol. The molecule has 1 aliphatic rings. The fourth-order valence-electron chi connectivity index (χ4n) is 2.62. The summed E-state index contributed by atoms with van der Waals surface area (Å²) in [6.07, 6.45) is 2.48. The molecule has 2 nitrogen and oxygen atoms in total. The Balaban J connectivity index is 2.11. The third-order valence-corrected chi connectivity index (χ3v) is 3.55. The van der Waals surface area contributed by atoms with Gasteiger partial charge in [-0.2, -0.15) is 0 Å². The van der Waals surface area contributed by atoms with Gasteiger partial charge in [-0.1, -0.05) is 24.3 Å². The first kappa shape index (κ1) is 11.6. The SMILES string of the molecule is Cc1ccccc1CC1(O)CCNC(C)C1. The molecule has 0 bridgehead atoms. The van der Waals surface area contributed by atoms with Crippen molar-refractivity contribution in [3.8, 4) is 0 Å². The van der Waals surface area contributed by atoms with Crippen LogP contribution in [0.2, 0.25) is 0 Å². The summed E-state index contributed by atoms with van der Waals surface area (Å²) in [6, 6.07) is 8.76. The molecule has 0 aromatic heterocycles. The summed E-state index contributed by atoms with van der Waals surface area (Å²) in [5.41, 5.74) is 2.04. The molecule has 1 aromatic rings. The minimum atomic E-state index is -0.517. The van der Waals surface area contributed by atoms with E-state index < -0.39 is 5.60 Å². The van der Waals surface area contributed by atoms with Crippen molar-refractivity contribution in [1.82, 2.24) is 5.32 Å². The largest absolute Gasteiger partial charge is 0.389 e. The van der Waals surface area contributed by atoms with E-state index in [0.717, 1.165) is 25.8 Å². The van der Waals surface area contributed by atoms with Gasteiger partial charge in [0.15, 0.2) is 0 Å². The number of nitrogens with one attached hydrogen (secondary N) is 1.